The van der Waals surface area contributed by atoms with Gasteiger partial charge in [-0.15, -0.1) is 0 Å². The first-order valence-corrected chi connectivity index (χ1v) is 5.94. The molecule has 1 aromatic heterocycles. The highest BCUT2D eigenvalue weighted by Gasteiger charge is 2.15. The van der Waals surface area contributed by atoms with Crippen LogP contribution in [0.3, 0.4) is 0 Å². The number of carbonyl (C=O) groups is 1. The van der Waals surface area contributed by atoms with Crippen molar-refractivity contribution >= 4 is 22.4 Å². The van der Waals surface area contributed by atoms with Crippen molar-refractivity contribution in [1.29, 1.82) is 0 Å². The molecular formula is C10H17N3O3S. The summed E-state index contributed by atoms with van der Waals surface area (Å²) in [5.74, 6) is -0.329. The van der Waals surface area contributed by atoms with Crippen LogP contribution < -0.4 is 15.0 Å². The lowest BCUT2D eigenvalue weighted by Crippen LogP contribution is -2.32. The Balaban J connectivity index is 2.72. The Morgan fingerprint density at radius 1 is 1.65 bits per heavy atom. The predicted octanol–water partition coefficient (Wildman–Crippen LogP) is 0.780. The van der Waals surface area contributed by atoms with Crippen molar-refractivity contribution in [2.24, 2.45) is 0 Å². The monoisotopic (exact) mass is 259 g/mol. The summed E-state index contributed by atoms with van der Waals surface area (Å²) in [5, 5.41) is 12.5. The zero-order valence-corrected chi connectivity index (χ0v) is 11.2. The molecule has 96 valence electrons. The van der Waals surface area contributed by atoms with Gasteiger partial charge in [0.25, 0.3) is 0 Å². The number of aromatic nitrogens is 1. The van der Waals surface area contributed by atoms with Crippen molar-refractivity contribution in [3.8, 4) is 5.88 Å². The van der Waals surface area contributed by atoms with E-state index in [1.54, 1.807) is 14.0 Å². The van der Waals surface area contributed by atoms with Crippen molar-refractivity contribution in [3.63, 3.8) is 0 Å². The molecule has 0 saturated carbocycles. The Morgan fingerprint density at radius 2 is 2.29 bits per heavy atom. The summed E-state index contributed by atoms with van der Waals surface area (Å²) >= 11 is 1.48. The molecule has 2 N–H and O–H groups in total. The fraction of sp³-hybridized carbons (Fsp3) is 0.600. The third-order valence-corrected chi connectivity index (χ3v) is 3.37. The summed E-state index contributed by atoms with van der Waals surface area (Å²) in [5.41, 5.74) is 0. The van der Waals surface area contributed by atoms with Crippen LogP contribution in [-0.2, 0) is 11.3 Å². The lowest BCUT2D eigenvalue weighted by molar-refractivity contribution is -0.139. The molecule has 1 heterocycles. The molecule has 0 spiro atoms. The quantitative estimate of drug-likeness (QED) is 0.786. The molecule has 1 rings (SSSR count). The topological polar surface area (TPSA) is 74.7 Å². The Kier molecular flexibility index (Phi) is 4.71. The molecule has 0 unspecified atom stereocenters. The van der Waals surface area contributed by atoms with Gasteiger partial charge in [0.1, 0.15) is 6.04 Å². The number of hydrogen-bond donors (Lipinski definition) is 2. The third kappa shape index (κ3) is 3.57. The summed E-state index contributed by atoms with van der Waals surface area (Å²) in [6, 6.07) is -0.593. The number of hydrogen-bond acceptors (Lipinski definition) is 6. The first-order chi connectivity index (χ1) is 7.95. The van der Waals surface area contributed by atoms with E-state index in [0.717, 1.165) is 10.0 Å². The molecule has 0 saturated heterocycles. The number of rotatable bonds is 6. The standard InChI is InChI=1S/C10H17N3O3S/c1-6(9(14)15)11-5-7-8(16-4)12-10(17-7)13(2)3/h6,11H,5H2,1-4H3,(H,14,15)/t6-/m0/s1. The van der Waals surface area contributed by atoms with Gasteiger partial charge in [-0.3, -0.25) is 10.1 Å². The predicted molar refractivity (Wildman–Crippen MR) is 66.9 cm³/mol. The van der Waals surface area contributed by atoms with Gasteiger partial charge >= 0.3 is 5.97 Å². The van der Waals surface area contributed by atoms with Gasteiger partial charge in [0.15, 0.2) is 5.13 Å². The van der Waals surface area contributed by atoms with Crippen LogP contribution in [0.5, 0.6) is 5.88 Å². The van der Waals surface area contributed by atoms with Gasteiger partial charge in [0, 0.05) is 20.6 Å². The van der Waals surface area contributed by atoms with Gasteiger partial charge in [0.05, 0.1) is 12.0 Å². The normalized spacial score (nSPS) is 12.2. The molecule has 17 heavy (non-hydrogen) atoms. The van der Waals surface area contributed by atoms with Crippen molar-refractivity contribution < 1.29 is 14.6 Å². The Labute approximate surface area is 104 Å². The molecule has 0 amide bonds. The van der Waals surface area contributed by atoms with Crippen molar-refractivity contribution in [2.75, 3.05) is 26.1 Å². The number of nitrogens with zero attached hydrogens (tertiary/aromatic N) is 2. The lowest BCUT2D eigenvalue weighted by Gasteiger charge is -2.07. The van der Waals surface area contributed by atoms with E-state index in [1.807, 2.05) is 19.0 Å². The van der Waals surface area contributed by atoms with Crippen molar-refractivity contribution in [2.45, 2.75) is 19.5 Å². The molecule has 0 aliphatic carbocycles. The highest BCUT2D eigenvalue weighted by Crippen LogP contribution is 2.30. The van der Waals surface area contributed by atoms with Crippen LogP contribution in [-0.4, -0.2) is 43.3 Å². The van der Waals surface area contributed by atoms with E-state index in [4.69, 9.17) is 9.84 Å². The van der Waals surface area contributed by atoms with Crippen LogP contribution in [0.25, 0.3) is 0 Å². The van der Waals surface area contributed by atoms with E-state index in [2.05, 4.69) is 10.3 Å². The van der Waals surface area contributed by atoms with Crippen LogP contribution in [0.15, 0.2) is 0 Å². The minimum Gasteiger partial charge on any atom is -0.480 e. The summed E-state index contributed by atoms with van der Waals surface area (Å²) in [4.78, 5) is 17.7. The molecular weight excluding hydrogens is 242 g/mol. The van der Waals surface area contributed by atoms with Crippen LogP contribution in [0.4, 0.5) is 5.13 Å². The van der Waals surface area contributed by atoms with Gasteiger partial charge in [-0.05, 0) is 6.92 Å². The van der Waals surface area contributed by atoms with Crippen molar-refractivity contribution in [1.82, 2.24) is 10.3 Å². The zero-order chi connectivity index (χ0) is 13.0. The minimum atomic E-state index is -0.874. The number of anilines is 1. The zero-order valence-electron chi connectivity index (χ0n) is 10.4. The first-order valence-electron chi connectivity index (χ1n) is 5.13. The summed E-state index contributed by atoms with van der Waals surface area (Å²) in [6.07, 6.45) is 0. The average Bonchev–Trinajstić information content (AvgIpc) is 2.68. The maximum absolute atomic E-state index is 10.7. The largest absolute Gasteiger partial charge is 0.480 e. The molecule has 0 bridgehead atoms. The molecule has 1 aromatic rings. The number of ether oxygens (including phenoxy) is 1. The Bertz CT molecular complexity index is 392. The summed E-state index contributed by atoms with van der Waals surface area (Å²) in [6.45, 7) is 2.03. The van der Waals surface area contributed by atoms with Gasteiger partial charge in [-0.25, -0.2) is 0 Å². The van der Waals surface area contributed by atoms with Gasteiger partial charge < -0.3 is 14.7 Å². The van der Waals surface area contributed by atoms with Crippen LogP contribution in [0, 0.1) is 0 Å². The fourth-order valence-electron chi connectivity index (χ4n) is 1.12. The SMILES string of the molecule is COc1nc(N(C)C)sc1CN[C@@H](C)C(=O)O. The molecule has 7 heteroatoms. The number of nitrogens with one attached hydrogen (secondary N) is 1. The maximum atomic E-state index is 10.7. The number of methoxy groups -OCH3 is 1. The molecule has 1 atom stereocenters. The van der Waals surface area contributed by atoms with E-state index in [9.17, 15) is 4.79 Å². The maximum Gasteiger partial charge on any atom is 0.320 e. The third-order valence-electron chi connectivity index (χ3n) is 2.17. The van der Waals surface area contributed by atoms with E-state index in [0.29, 0.717) is 12.4 Å². The molecule has 0 aliphatic rings. The highest BCUT2D eigenvalue weighted by atomic mass is 32.1. The molecule has 0 fully saturated rings. The minimum absolute atomic E-state index is 0.433. The second-order valence-electron chi connectivity index (χ2n) is 3.76. The smallest absolute Gasteiger partial charge is 0.320 e. The first kappa shape index (κ1) is 13.7. The fourth-order valence-corrected chi connectivity index (χ4v) is 2.02. The second-order valence-corrected chi connectivity index (χ2v) is 4.83. The molecule has 0 radical (unpaired) electrons. The van der Waals surface area contributed by atoms with Crippen LogP contribution in [0.2, 0.25) is 0 Å². The number of carboxylic acids is 1. The Hall–Kier alpha value is -1.34. The van der Waals surface area contributed by atoms with Gasteiger partial charge in [0.2, 0.25) is 5.88 Å². The molecule has 6 nitrogen and oxygen atoms in total. The van der Waals surface area contributed by atoms with Crippen molar-refractivity contribution in [3.05, 3.63) is 4.88 Å². The summed E-state index contributed by atoms with van der Waals surface area (Å²) in [7, 11) is 5.35. The van der Waals surface area contributed by atoms with E-state index < -0.39 is 12.0 Å². The van der Waals surface area contributed by atoms with E-state index in [1.165, 1.54) is 11.3 Å². The van der Waals surface area contributed by atoms with E-state index in [-0.39, 0.29) is 0 Å². The number of thiazole rings is 1. The average molecular weight is 259 g/mol. The molecule has 0 aromatic carbocycles. The lowest BCUT2D eigenvalue weighted by atomic mass is 10.3. The van der Waals surface area contributed by atoms with Crippen LogP contribution in [0.1, 0.15) is 11.8 Å². The van der Waals surface area contributed by atoms with Crippen LogP contribution >= 0.6 is 11.3 Å². The van der Waals surface area contributed by atoms with E-state index >= 15 is 0 Å². The molecule has 0 aliphatic heterocycles. The number of carboxylic acid groups (broad SMARTS) is 1. The summed E-state index contributed by atoms with van der Waals surface area (Å²) < 4.78 is 5.15. The number of aliphatic carboxylic acids is 1. The Morgan fingerprint density at radius 3 is 2.76 bits per heavy atom. The van der Waals surface area contributed by atoms with Gasteiger partial charge in [-0.2, -0.15) is 4.98 Å². The highest BCUT2D eigenvalue weighted by molar-refractivity contribution is 7.15. The van der Waals surface area contributed by atoms with Gasteiger partial charge in [-0.1, -0.05) is 11.3 Å². The second kappa shape index (κ2) is 5.83.